The Hall–Kier alpha value is -1.22. The van der Waals surface area contributed by atoms with Gasteiger partial charge in [-0.2, -0.15) is 0 Å². The minimum atomic E-state index is -1.90. The molecule has 0 aliphatic carbocycles. The van der Waals surface area contributed by atoms with Crippen LogP contribution in [-0.2, 0) is 19.1 Å². The van der Waals surface area contributed by atoms with Crippen LogP contribution in [0.3, 0.4) is 0 Å². The van der Waals surface area contributed by atoms with E-state index in [-0.39, 0.29) is 6.61 Å². The second-order valence-corrected chi connectivity index (χ2v) is 2.97. The molecular formula is C9H18O8. The maximum Gasteiger partial charge on any atom is 0.338 e. The average molecular weight is 254 g/mol. The van der Waals surface area contributed by atoms with Gasteiger partial charge in [0.05, 0.1) is 26.9 Å². The fourth-order valence-corrected chi connectivity index (χ4v) is 0.499. The maximum atomic E-state index is 10.5. The van der Waals surface area contributed by atoms with E-state index in [1.54, 1.807) is 0 Å². The topological polar surface area (TPSA) is 134 Å². The van der Waals surface area contributed by atoms with Crippen molar-refractivity contribution in [1.82, 2.24) is 0 Å². The smallest absolute Gasteiger partial charge is 0.338 e. The van der Waals surface area contributed by atoms with Crippen molar-refractivity contribution < 1.29 is 39.5 Å². The van der Waals surface area contributed by atoms with Gasteiger partial charge in [-0.3, -0.25) is 0 Å². The fraction of sp³-hybridized carbons (Fsp3) is 0.778. The van der Waals surface area contributed by atoms with Crippen molar-refractivity contribution in [3.63, 3.8) is 0 Å². The molecule has 3 unspecified atom stereocenters. The second kappa shape index (κ2) is 9.97. The van der Waals surface area contributed by atoms with E-state index in [4.69, 9.17) is 20.4 Å². The van der Waals surface area contributed by atoms with Crippen molar-refractivity contribution in [3.05, 3.63) is 0 Å². The molecule has 0 heterocycles. The third-order valence-corrected chi connectivity index (χ3v) is 1.45. The molecule has 8 nitrogen and oxygen atoms in total. The van der Waals surface area contributed by atoms with Crippen molar-refractivity contribution in [2.24, 2.45) is 0 Å². The van der Waals surface area contributed by atoms with Crippen LogP contribution in [-0.4, -0.2) is 71.5 Å². The molecule has 0 aromatic carbocycles. The number of aliphatic hydroxyl groups is 4. The number of ether oxygens (including phenoxy) is 2. The van der Waals surface area contributed by atoms with E-state index in [9.17, 15) is 9.59 Å². The van der Waals surface area contributed by atoms with E-state index in [0.29, 0.717) is 0 Å². The summed E-state index contributed by atoms with van der Waals surface area (Å²) in [6, 6.07) is 0. The maximum absolute atomic E-state index is 10.5. The van der Waals surface area contributed by atoms with Crippen LogP contribution >= 0.6 is 0 Å². The predicted molar refractivity (Wildman–Crippen MR) is 54.8 cm³/mol. The monoisotopic (exact) mass is 254 g/mol. The number of hydrogen-bond acceptors (Lipinski definition) is 8. The lowest BCUT2D eigenvalue weighted by atomic mass is 10.2. The molecule has 0 bridgehead atoms. The Morgan fingerprint density at radius 2 is 1.24 bits per heavy atom. The van der Waals surface area contributed by atoms with Gasteiger partial charge in [0.25, 0.3) is 0 Å². The molecule has 4 N–H and O–H groups in total. The third kappa shape index (κ3) is 8.57. The zero-order valence-electron chi connectivity index (χ0n) is 9.86. The molecule has 0 aliphatic rings. The Morgan fingerprint density at radius 1 is 1.00 bits per heavy atom. The largest absolute Gasteiger partial charge is 0.467 e. The zero-order valence-corrected chi connectivity index (χ0v) is 9.86. The van der Waals surface area contributed by atoms with Crippen LogP contribution in [0, 0.1) is 0 Å². The molecule has 8 heteroatoms. The van der Waals surface area contributed by atoms with Gasteiger partial charge in [0.1, 0.15) is 0 Å². The molecule has 0 aromatic heterocycles. The van der Waals surface area contributed by atoms with Crippen LogP contribution in [0.1, 0.15) is 6.92 Å². The predicted octanol–water partition coefficient (Wildman–Crippen LogP) is -2.59. The van der Waals surface area contributed by atoms with Crippen LogP contribution in [0.15, 0.2) is 0 Å². The van der Waals surface area contributed by atoms with Crippen molar-refractivity contribution in [3.8, 4) is 0 Å². The van der Waals surface area contributed by atoms with Crippen molar-refractivity contribution in [1.29, 1.82) is 0 Å². The van der Waals surface area contributed by atoms with E-state index in [1.807, 2.05) is 0 Å². The number of aliphatic hydroxyl groups excluding tert-OH is 4. The van der Waals surface area contributed by atoms with Gasteiger partial charge in [-0.05, 0) is 6.92 Å². The van der Waals surface area contributed by atoms with Gasteiger partial charge in [-0.25, -0.2) is 9.59 Å². The van der Waals surface area contributed by atoms with Gasteiger partial charge in [-0.1, -0.05) is 0 Å². The molecule has 0 rings (SSSR count). The van der Waals surface area contributed by atoms with E-state index in [0.717, 1.165) is 14.2 Å². The first kappa shape index (κ1) is 18.2. The van der Waals surface area contributed by atoms with Crippen molar-refractivity contribution in [2.45, 2.75) is 25.2 Å². The highest BCUT2D eigenvalue weighted by atomic mass is 16.6. The van der Waals surface area contributed by atoms with E-state index in [2.05, 4.69) is 9.47 Å². The summed E-state index contributed by atoms with van der Waals surface area (Å²) < 4.78 is 8.14. The highest BCUT2D eigenvalue weighted by molar-refractivity contribution is 5.85. The van der Waals surface area contributed by atoms with E-state index >= 15 is 0 Å². The number of carbonyl (C=O) groups excluding carboxylic acids is 2. The van der Waals surface area contributed by atoms with Crippen LogP contribution in [0.25, 0.3) is 0 Å². The lowest BCUT2D eigenvalue weighted by Crippen LogP contribution is -2.40. The van der Waals surface area contributed by atoms with Crippen molar-refractivity contribution in [2.75, 3.05) is 20.8 Å². The highest BCUT2D eigenvalue weighted by Gasteiger charge is 2.31. The minimum Gasteiger partial charge on any atom is -0.467 e. The molecule has 3 atom stereocenters. The molecule has 17 heavy (non-hydrogen) atoms. The lowest BCUT2D eigenvalue weighted by molar-refractivity contribution is -0.169. The standard InChI is InChI=1S/C6H10O6.C3H8O2/c1-11-5(9)3(7)4(8)6(10)12-2;1-3(5)2-4/h3-4,7-8H,1-2H3;3-5H,2H2,1H3. The number of esters is 2. The summed E-state index contributed by atoms with van der Waals surface area (Å²) in [5, 5.41) is 33.7. The molecule has 0 spiro atoms. The first-order valence-corrected chi connectivity index (χ1v) is 4.62. The Labute approximate surface area is 98.4 Å². The van der Waals surface area contributed by atoms with Gasteiger partial charge in [0, 0.05) is 0 Å². The molecule has 0 saturated heterocycles. The summed E-state index contributed by atoms with van der Waals surface area (Å²) in [4.78, 5) is 21.1. The Kier molecular flexibility index (Phi) is 10.6. The van der Waals surface area contributed by atoms with Gasteiger partial charge in [0.15, 0.2) is 12.2 Å². The van der Waals surface area contributed by atoms with E-state index < -0.39 is 30.3 Å². The number of carbonyl (C=O) groups is 2. The number of hydrogen-bond donors (Lipinski definition) is 4. The summed E-state index contributed by atoms with van der Waals surface area (Å²) in [5.74, 6) is -2.18. The average Bonchev–Trinajstić information content (AvgIpc) is 2.35. The minimum absolute atomic E-state index is 0.139. The highest BCUT2D eigenvalue weighted by Crippen LogP contribution is 1.97. The fourth-order valence-electron chi connectivity index (χ4n) is 0.499. The molecule has 0 fully saturated rings. The Balaban J connectivity index is 0. The van der Waals surface area contributed by atoms with Crippen molar-refractivity contribution >= 4 is 11.9 Å². The lowest BCUT2D eigenvalue weighted by Gasteiger charge is -2.12. The molecule has 0 saturated carbocycles. The SMILES string of the molecule is CC(O)CO.COC(=O)C(O)C(O)C(=O)OC. The molecular weight excluding hydrogens is 236 g/mol. The summed E-state index contributed by atoms with van der Waals surface area (Å²) in [6.07, 6.45) is -4.36. The Morgan fingerprint density at radius 3 is 1.35 bits per heavy atom. The molecule has 102 valence electrons. The number of rotatable bonds is 4. The van der Waals surface area contributed by atoms with Crippen LogP contribution in [0.4, 0.5) is 0 Å². The van der Waals surface area contributed by atoms with Crippen LogP contribution < -0.4 is 0 Å². The zero-order chi connectivity index (χ0) is 14.0. The quantitative estimate of drug-likeness (QED) is 0.402. The molecule has 0 aromatic rings. The summed E-state index contributed by atoms with van der Waals surface area (Å²) >= 11 is 0. The Bertz CT molecular complexity index is 207. The van der Waals surface area contributed by atoms with E-state index in [1.165, 1.54) is 6.92 Å². The molecule has 0 amide bonds. The first-order valence-electron chi connectivity index (χ1n) is 4.62. The van der Waals surface area contributed by atoms with Crippen LogP contribution in [0.2, 0.25) is 0 Å². The third-order valence-electron chi connectivity index (χ3n) is 1.45. The van der Waals surface area contributed by atoms with Gasteiger partial charge < -0.3 is 29.9 Å². The summed E-state index contributed by atoms with van der Waals surface area (Å²) in [6.45, 7) is 1.39. The molecule has 0 aliphatic heterocycles. The normalized spacial score (nSPS) is 14.8. The number of methoxy groups -OCH3 is 2. The summed E-state index contributed by atoms with van der Waals surface area (Å²) in [7, 11) is 2.05. The van der Waals surface area contributed by atoms with Crippen LogP contribution in [0.5, 0.6) is 0 Å². The molecule has 0 radical (unpaired) electrons. The van der Waals surface area contributed by atoms with Gasteiger partial charge >= 0.3 is 11.9 Å². The first-order chi connectivity index (χ1) is 7.81. The van der Waals surface area contributed by atoms with Gasteiger partial charge in [0.2, 0.25) is 0 Å². The summed E-state index contributed by atoms with van der Waals surface area (Å²) in [5.41, 5.74) is 0. The second-order valence-electron chi connectivity index (χ2n) is 2.97. The van der Waals surface area contributed by atoms with Gasteiger partial charge in [-0.15, -0.1) is 0 Å².